The lowest BCUT2D eigenvalue weighted by atomic mass is 9.98. The Bertz CT molecular complexity index is 766. The number of anilines is 1. The summed E-state index contributed by atoms with van der Waals surface area (Å²) in [7, 11) is 3.71. The maximum Gasteiger partial charge on any atom is 0.250 e. The second kappa shape index (κ2) is 10.4. The monoisotopic (exact) mass is 388 g/mol. The molecule has 0 fully saturated rings. The number of pyridine rings is 1. The van der Waals surface area contributed by atoms with E-state index >= 15 is 0 Å². The van der Waals surface area contributed by atoms with E-state index in [1.165, 1.54) is 0 Å². The summed E-state index contributed by atoms with van der Waals surface area (Å²) in [5.74, 6) is 0.0914. The van der Waals surface area contributed by atoms with Gasteiger partial charge in [0.05, 0.1) is 5.69 Å². The first-order valence-corrected chi connectivity index (χ1v) is 10.2. The van der Waals surface area contributed by atoms with Crippen LogP contribution in [0.2, 0.25) is 0 Å². The van der Waals surface area contributed by atoms with Gasteiger partial charge in [-0.3, -0.25) is 4.79 Å². The van der Waals surface area contributed by atoms with E-state index in [0.717, 1.165) is 55.5 Å². The Morgan fingerprint density at radius 1 is 1.37 bits per heavy atom. The fraction of sp³-hybridized carbons (Fsp3) is 0.524. The Balaban J connectivity index is 2.40. The molecule has 1 aliphatic rings. The van der Waals surface area contributed by atoms with Crippen molar-refractivity contribution in [3.05, 3.63) is 46.3 Å². The Hall–Kier alpha value is -1.92. The summed E-state index contributed by atoms with van der Waals surface area (Å²) in [5, 5.41) is 0. The van der Waals surface area contributed by atoms with Gasteiger partial charge >= 0.3 is 0 Å². The van der Waals surface area contributed by atoms with Crippen LogP contribution >= 0.6 is 12.2 Å². The van der Waals surface area contributed by atoms with Crippen LogP contribution in [0.15, 0.2) is 36.1 Å². The Kier molecular flexibility index (Phi) is 8.25. The normalized spacial score (nSPS) is 14.6. The van der Waals surface area contributed by atoms with Gasteiger partial charge in [0.2, 0.25) is 5.91 Å². The number of aromatic nitrogens is 1. The average Bonchev–Trinajstić information content (AvgIpc) is 2.68. The van der Waals surface area contributed by atoms with Crippen LogP contribution in [0.3, 0.4) is 0 Å². The lowest BCUT2D eigenvalue weighted by Gasteiger charge is -2.28. The van der Waals surface area contributed by atoms with Gasteiger partial charge in [-0.15, -0.1) is 0 Å². The number of carbonyl (C=O) groups is 1. The first-order valence-electron chi connectivity index (χ1n) is 9.77. The zero-order chi connectivity index (χ0) is 19.8. The molecule has 6 heteroatoms. The molecule has 0 spiro atoms. The summed E-state index contributed by atoms with van der Waals surface area (Å²) >= 11 is 5.73. The number of hydrogen-bond donors (Lipinski definition) is 2. The molecule has 0 saturated heterocycles. The molecule has 0 aliphatic heterocycles. The Morgan fingerprint density at radius 2 is 2.15 bits per heavy atom. The number of unbranched alkanes of at least 4 members (excludes halogenated alkanes) is 2. The summed E-state index contributed by atoms with van der Waals surface area (Å²) in [6.45, 7) is 4.92. The van der Waals surface area contributed by atoms with Gasteiger partial charge in [0.15, 0.2) is 0 Å². The summed E-state index contributed by atoms with van der Waals surface area (Å²) in [6.07, 6.45) is 13.6. The molecule has 2 rings (SSSR count). The molecular weight excluding hydrogens is 356 g/mol. The molecule has 1 amide bonds. The third-order valence-electron chi connectivity index (χ3n) is 4.95. The standard InChI is InChI=1S/C21H32N4OS/c1-5-6-10-14-24(4)20(26)19(17-11-8-7-9-12-17)25-15-13-18(23-22-3)16(2)21(25)27/h8,11-13,15,19,22-23H,5-7,9-10,14H2,1-4H3. The molecule has 0 saturated carbocycles. The minimum atomic E-state index is -0.414. The highest BCUT2D eigenvalue weighted by atomic mass is 32.1. The van der Waals surface area contributed by atoms with Crippen molar-refractivity contribution in [1.82, 2.24) is 14.9 Å². The fourth-order valence-electron chi connectivity index (χ4n) is 3.31. The van der Waals surface area contributed by atoms with Crippen LogP contribution in [0.5, 0.6) is 0 Å². The molecule has 0 bridgehead atoms. The molecule has 5 nitrogen and oxygen atoms in total. The van der Waals surface area contributed by atoms with Gasteiger partial charge < -0.3 is 14.9 Å². The van der Waals surface area contributed by atoms with Crippen molar-refractivity contribution in [2.45, 2.75) is 52.0 Å². The number of hydrazine groups is 1. The maximum absolute atomic E-state index is 13.4. The van der Waals surface area contributed by atoms with Crippen LogP contribution < -0.4 is 10.9 Å². The molecule has 1 atom stereocenters. The SMILES string of the molecule is CCCCCN(C)C(=O)C(C1=CCCC=C1)n1ccc(NNC)c(C)c1=S. The van der Waals surface area contributed by atoms with Gasteiger partial charge in [-0.05, 0) is 37.8 Å². The molecule has 27 heavy (non-hydrogen) atoms. The quantitative estimate of drug-likeness (QED) is 0.370. The molecule has 1 aromatic heterocycles. The highest BCUT2D eigenvalue weighted by molar-refractivity contribution is 7.71. The minimum absolute atomic E-state index is 0.0914. The van der Waals surface area contributed by atoms with E-state index in [1.807, 2.05) is 42.7 Å². The van der Waals surface area contributed by atoms with Crippen LogP contribution in [-0.2, 0) is 4.79 Å². The van der Waals surface area contributed by atoms with Crippen LogP contribution in [0, 0.1) is 11.6 Å². The van der Waals surface area contributed by atoms with E-state index < -0.39 is 6.04 Å². The summed E-state index contributed by atoms with van der Waals surface area (Å²) in [4.78, 5) is 15.2. The highest BCUT2D eigenvalue weighted by Crippen LogP contribution is 2.28. The van der Waals surface area contributed by atoms with Crippen LogP contribution in [0.1, 0.15) is 50.6 Å². The first-order chi connectivity index (χ1) is 13.0. The van der Waals surface area contributed by atoms with Crippen molar-refractivity contribution in [1.29, 1.82) is 0 Å². The number of allylic oxidation sites excluding steroid dienone is 3. The van der Waals surface area contributed by atoms with E-state index in [1.54, 1.807) is 0 Å². The predicted octanol–water partition coefficient (Wildman–Crippen LogP) is 4.54. The largest absolute Gasteiger partial charge is 0.344 e. The average molecular weight is 389 g/mol. The van der Waals surface area contributed by atoms with Crippen molar-refractivity contribution >= 4 is 23.8 Å². The molecule has 0 radical (unpaired) electrons. The zero-order valence-electron chi connectivity index (χ0n) is 16.9. The van der Waals surface area contributed by atoms with Gasteiger partial charge in [0, 0.05) is 32.4 Å². The molecule has 2 N–H and O–H groups in total. The summed E-state index contributed by atoms with van der Waals surface area (Å²) in [6, 6.07) is 1.55. The number of hydrogen-bond acceptors (Lipinski definition) is 4. The fourth-order valence-corrected chi connectivity index (χ4v) is 3.58. The molecule has 1 aliphatic carbocycles. The number of rotatable bonds is 9. The minimum Gasteiger partial charge on any atom is -0.344 e. The van der Waals surface area contributed by atoms with Crippen molar-refractivity contribution in [3.63, 3.8) is 0 Å². The van der Waals surface area contributed by atoms with Gasteiger partial charge in [0.1, 0.15) is 10.7 Å². The van der Waals surface area contributed by atoms with Crippen LogP contribution in [0.4, 0.5) is 5.69 Å². The third kappa shape index (κ3) is 5.30. The topological polar surface area (TPSA) is 49.3 Å². The number of likely N-dealkylation sites (N-methyl/N-ethyl adjacent to an activating group) is 1. The Morgan fingerprint density at radius 3 is 2.78 bits per heavy atom. The van der Waals surface area contributed by atoms with Crippen molar-refractivity contribution in [3.8, 4) is 0 Å². The van der Waals surface area contributed by atoms with Crippen molar-refractivity contribution < 1.29 is 4.79 Å². The predicted molar refractivity (Wildman–Crippen MR) is 115 cm³/mol. The second-order valence-electron chi connectivity index (χ2n) is 7.00. The summed E-state index contributed by atoms with van der Waals surface area (Å²) < 4.78 is 2.61. The number of nitrogens with one attached hydrogen (secondary N) is 2. The number of nitrogens with zero attached hydrogens (tertiary/aromatic N) is 2. The lowest BCUT2D eigenvalue weighted by molar-refractivity contribution is -0.132. The molecule has 1 heterocycles. The number of amides is 1. The highest BCUT2D eigenvalue weighted by Gasteiger charge is 2.27. The van der Waals surface area contributed by atoms with Crippen molar-refractivity contribution in [2.75, 3.05) is 26.1 Å². The third-order valence-corrected chi connectivity index (χ3v) is 5.46. The maximum atomic E-state index is 13.4. The van der Waals surface area contributed by atoms with Crippen LogP contribution in [-0.4, -0.2) is 36.0 Å². The van der Waals surface area contributed by atoms with E-state index in [2.05, 4.69) is 36.0 Å². The van der Waals surface area contributed by atoms with E-state index in [9.17, 15) is 4.79 Å². The first kappa shape index (κ1) is 21.4. The Labute approximate surface area is 168 Å². The lowest BCUT2D eigenvalue weighted by Crippen LogP contribution is -2.36. The second-order valence-corrected chi connectivity index (χ2v) is 7.38. The molecule has 148 valence electrons. The molecule has 0 aromatic carbocycles. The van der Waals surface area contributed by atoms with Crippen molar-refractivity contribution in [2.24, 2.45) is 0 Å². The van der Waals surface area contributed by atoms with Crippen LogP contribution in [0.25, 0.3) is 0 Å². The number of carbonyl (C=O) groups excluding carboxylic acids is 1. The smallest absolute Gasteiger partial charge is 0.250 e. The zero-order valence-corrected chi connectivity index (χ0v) is 17.7. The van der Waals surface area contributed by atoms with Gasteiger partial charge in [-0.1, -0.05) is 50.2 Å². The molecular formula is C21H32N4OS. The van der Waals surface area contributed by atoms with E-state index in [0.29, 0.717) is 4.64 Å². The summed E-state index contributed by atoms with van der Waals surface area (Å²) in [5.41, 5.74) is 8.93. The van der Waals surface area contributed by atoms with Gasteiger partial charge in [-0.25, -0.2) is 5.43 Å². The molecule has 1 aromatic rings. The van der Waals surface area contributed by atoms with E-state index in [-0.39, 0.29) is 5.91 Å². The van der Waals surface area contributed by atoms with Gasteiger partial charge in [0.25, 0.3) is 0 Å². The molecule has 1 unspecified atom stereocenters. The van der Waals surface area contributed by atoms with E-state index in [4.69, 9.17) is 12.2 Å². The van der Waals surface area contributed by atoms with Gasteiger partial charge in [-0.2, -0.15) is 0 Å².